The fourth-order valence-corrected chi connectivity index (χ4v) is 5.00. The standard InChI is InChI=1S/C19H26N4O3S2/c1-13(2)18-22-23-19(27-18)21-17(24)8-5-11-20-28(25,26)16-10-9-14-6-3-4-7-15(14)12-16/h9-10,12-13,20H,3-8,11H2,1-2H3,(H,21,23,24). The van der Waals surface area contributed by atoms with Gasteiger partial charge in [-0.05, 0) is 55.4 Å². The van der Waals surface area contributed by atoms with E-state index in [1.807, 2.05) is 19.9 Å². The molecular formula is C19H26N4O3S2. The second kappa shape index (κ2) is 9.11. The minimum Gasteiger partial charge on any atom is -0.301 e. The number of benzene rings is 1. The van der Waals surface area contributed by atoms with Crippen molar-refractivity contribution in [1.29, 1.82) is 0 Å². The highest BCUT2D eigenvalue weighted by Gasteiger charge is 2.17. The largest absolute Gasteiger partial charge is 0.301 e. The molecule has 152 valence electrons. The zero-order valence-electron chi connectivity index (χ0n) is 16.2. The van der Waals surface area contributed by atoms with E-state index >= 15 is 0 Å². The van der Waals surface area contributed by atoms with E-state index in [-0.39, 0.29) is 24.8 Å². The Bertz CT molecular complexity index is 938. The summed E-state index contributed by atoms with van der Waals surface area (Å²) in [5.41, 5.74) is 2.38. The first-order chi connectivity index (χ1) is 13.3. The summed E-state index contributed by atoms with van der Waals surface area (Å²) in [6.45, 7) is 4.24. The monoisotopic (exact) mass is 422 g/mol. The quantitative estimate of drug-likeness (QED) is 0.636. The zero-order chi connectivity index (χ0) is 20.1. The van der Waals surface area contributed by atoms with Crippen LogP contribution in [0.5, 0.6) is 0 Å². The third-order valence-corrected chi connectivity index (χ3v) is 7.28. The average molecular weight is 423 g/mol. The summed E-state index contributed by atoms with van der Waals surface area (Å²) in [5, 5.41) is 12.0. The lowest BCUT2D eigenvalue weighted by Gasteiger charge is -2.16. The Balaban J connectivity index is 1.46. The summed E-state index contributed by atoms with van der Waals surface area (Å²) in [5.74, 6) is 0.0700. The molecule has 1 heterocycles. The number of hydrogen-bond donors (Lipinski definition) is 2. The van der Waals surface area contributed by atoms with Gasteiger partial charge in [-0.1, -0.05) is 31.3 Å². The van der Waals surface area contributed by atoms with E-state index in [1.165, 1.54) is 16.9 Å². The van der Waals surface area contributed by atoms with Crippen LogP contribution in [0.1, 0.15) is 61.6 Å². The zero-order valence-corrected chi connectivity index (χ0v) is 17.8. The van der Waals surface area contributed by atoms with Crippen molar-refractivity contribution in [3.8, 4) is 0 Å². The Hall–Kier alpha value is -1.84. The molecule has 1 aliphatic carbocycles. The summed E-state index contributed by atoms with van der Waals surface area (Å²) < 4.78 is 27.6. The molecule has 0 aliphatic heterocycles. The van der Waals surface area contributed by atoms with Crippen LogP contribution in [-0.4, -0.2) is 31.1 Å². The number of aromatic nitrogens is 2. The second-order valence-electron chi connectivity index (χ2n) is 7.29. The van der Waals surface area contributed by atoms with E-state index in [4.69, 9.17) is 0 Å². The van der Waals surface area contributed by atoms with Gasteiger partial charge in [0, 0.05) is 18.9 Å². The molecule has 0 fully saturated rings. The normalized spacial score (nSPS) is 14.1. The van der Waals surface area contributed by atoms with Gasteiger partial charge in [0.1, 0.15) is 5.01 Å². The maximum atomic E-state index is 12.5. The van der Waals surface area contributed by atoms with Crippen LogP contribution in [0.25, 0.3) is 0 Å². The van der Waals surface area contributed by atoms with Gasteiger partial charge < -0.3 is 5.32 Å². The topological polar surface area (TPSA) is 101 Å². The van der Waals surface area contributed by atoms with Gasteiger partial charge in [-0.15, -0.1) is 10.2 Å². The first-order valence-corrected chi connectivity index (χ1v) is 11.9. The van der Waals surface area contributed by atoms with Gasteiger partial charge in [0.2, 0.25) is 21.1 Å². The Morgan fingerprint density at radius 1 is 1.18 bits per heavy atom. The number of nitrogens with one attached hydrogen (secondary N) is 2. The predicted molar refractivity (Wildman–Crippen MR) is 110 cm³/mol. The van der Waals surface area contributed by atoms with Crippen molar-refractivity contribution >= 4 is 32.4 Å². The average Bonchev–Trinajstić information content (AvgIpc) is 3.13. The number of sulfonamides is 1. The predicted octanol–water partition coefficient (Wildman–Crippen LogP) is 3.24. The first-order valence-electron chi connectivity index (χ1n) is 9.60. The van der Waals surface area contributed by atoms with Crippen molar-refractivity contribution < 1.29 is 13.2 Å². The lowest BCUT2D eigenvalue weighted by molar-refractivity contribution is -0.116. The number of rotatable bonds is 8. The summed E-state index contributed by atoms with van der Waals surface area (Å²) in [6, 6.07) is 5.37. The van der Waals surface area contributed by atoms with Crippen LogP contribution in [0, 0.1) is 0 Å². The van der Waals surface area contributed by atoms with Gasteiger partial charge in [0.25, 0.3) is 0 Å². The van der Waals surface area contributed by atoms with Crippen molar-refractivity contribution in [2.75, 3.05) is 11.9 Å². The van der Waals surface area contributed by atoms with Crippen molar-refractivity contribution in [3.63, 3.8) is 0 Å². The molecule has 9 heteroatoms. The minimum absolute atomic E-state index is 0.195. The summed E-state index contributed by atoms with van der Waals surface area (Å²) in [7, 11) is -3.56. The molecular weight excluding hydrogens is 396 g/mol. The van der Waals surface area contributed by atoms with Crippen LogP contribution in [0.2, 0.25) is 0 Å². The molecule has 2 N–H and O–H groups in total. The first kappa shape index (κ1) is 20.9. The lowest BCUT2D eigenvalue weighted by Crippen LogP contribution is -2.26. The molecule has 1 aromatic carbocycles. The maximum Gasteiger partial charge on any atom is 0.240 e. The second-order valence-corrected chi connectivity index (χ2v) is 10.1. The molecule has 1 aromatic heterocycles. The summed E-state index contributed by atoms with van der Waals surface area (Å²) in [6.07, 6.45) is 4.84. The number of aryl methyl sites for hydroxylation is 2. The van der Waals surface area contributed by atoms with Crippen molar-refractivity contribution in [2.24, 2.45) is 0 Å². The van der Waals surface area contributed by atoms with E-state index in [9.17, 15) is 13.2 Å². The van der Waals surface area contributed by atoms with Gasteiger partial charge >= 0.3 is 0 Å². The summed E-state index contributed by atoms with van der Waals surface area (Å²) in [4.78, 5) is 12.3. The number of hydrogen-bond acceptors (Lipinski definition) is 6. The van der Waals surface area contributed by atoms with E-state index in [0.29, 0.717) is 16.4 Å². The van der Waals surface area contributed by atoms with E-state index < -0.39 is 10.0 Å². The molecule has 1 amide bonds. The van der Waals surface area contributed by atoms with Gasteiger partial charge in [-0.3, -0.25) is 4.79 Å². The highest BCUT2D eigenvalue weighted by Crippen LogP contribution is 2.24. The fourth-order valence-electron chi connectivity index (χ4n) is 3.12. The Morgan fingerprint density at radius 2 is 1.93 bits per heavy atom. The number of anilines is 1. The van der Waals surface area contributed by atoms with Crippen LogP contribution in [0.15, 0.2) is 23.1 Å². The molecule has 7 nitrogen and oxygen atoms in total. The molecule has 28 heavy (non-hydrogen) atoms. The number of fused-ring (bicyclic) bond motifs is 1. The van der Waals surface area contributed by atoms with E-state index in [2.05, 4.69) is 20.2 Å². The van der Waals surface area contributed by atoms with E-state index in [1.54, 1.807) is 12.1 Å². The molecule has 0 saturated carbocycles. The SMILES string of the molecule is CC(C)c1nnc(NC(=O)CCCNS(=O)(=O)c2ccc3c(c2)CCCC3)s1. The number of carbonyl (C=O) groups is 1. The maximum absolute atomic E-state index is 12.5. The number of amides is 1. The van der Waals surface area contributed by atoms with Crippen molar-refractivity contribution in [1.82, 2.24) is 14.9 Å². The van der Waals surface area contributed by atoms with Crippen molar-refractivity contribution in [2.45, 2.75) is 63.2 Å². The van der Waals surface area contributed by atoms with Crippen LogP contribution >= 0.6 is 11.3 Å². The molecule has 0 bridgehead atoms. The molecule has 0 spiro atoms. The van der Waals surface area contributed by atoms with Crippen LogP contribution in [0.3, 0.4) is 0 Å². The van der Waals surface area contributed by atoms with Crippen LogP contribution in [-0.2, 0) is 27.7 Å². The molecule has 3 rings (SSSR count). The number of carbonyl (C=O) groups excluding carboxylic acids is 1. The lowest BCUT2D eigenvalue weighted by atomic mass is 9.92. The van der Waals surface area contributed by atoms with Gasteiger partial charge in [0.05, 0.1) is 4.90 Å². The van der Waals surface area contributed by atoms with Crippen LogP contribution in [0.4, 0.5) is 5.13 Å². The van der Waals surface area contributed by atoms with Gasteiger partial charge in [-0.25, -0.2) is 13.1 Å². The molecule has 0 saturated heterocycles. The Labute approximate surface area is 170 Å². The third kappa shape index (κ3) is 5.36. The van der Waals surface area contributed by atoms with Crippen LogP contribution < -0.4 is 10.0 Å². The smallest absolute Gasteiger partial charge is 0.240 e. The third-order valence-electron chi connectivity index (χ3n) is 4.68. The highest BCUT2D eigenvalue weighted by molar-refractivity contribution is 7.89. The molecule has 1 aliphatic rings. The Kier molecular flexibility index (Phi) is 6.79. The fraction of sp³-hybridized carbons (Fsp3) is 0.526. The molecule has 0 atom stereocenters. The highest BCUT2D eigenvalue weighted by atomic mass is 32.2. The van der Waals surface area contributed by atoms with Gasteiger partial charge in [0.15, 0.2) is 0 Å². The van der Waals surface area contributed by atoms with Gasteiger partial charge in [-0.2, -0.15) is 0 Å². The Morgan fingerprint density at radius 3 is 2.64 bits per heavy atom. The van der Waals surface area contributed by atoms with Crippen molar-refractivity contribution in [3.05, 3.63) is 34.3 Å². The molecule has 0 radical (unpaired) electrons. The number of nitrogens with zero attached hydrogens (tertiary/aromatic N) is 2. The summed E-state index contributed by atoms with van der Waals surface area (Å²) >= 11 is 1.36. The van der Waals surface area contributed by atoms with E-state index in [0.717, 1.165) is 36.3 Å². The molecule has 2 aromatic rings. The molecule has 0 unspecified atom stereocenters. The minimum atomic E-state index is -3.56.